The van der Waals surface area contributed by atoms with Crippen molar-refractivity contribution in [1.82, 2.24) is 4.98 Å². The molecule has 3 heteroatoms. The van der Waals surface area contributed by atoms with E-state index in [0.717, 1.165) is 28.1 Å². The molecule has 2 aromatic carbocycles. The molecular formula is C18H18N2O. The van der Waals surface area contributed by atoms with Crippen molar-refractivity contribution < 1.29 is 4.74 Å². The Labute approximate surface area is 124 Å². The quantitative estimate of drug-likeness (QED) is 0.700. The van der Waals surface area contributed by atoms with Crippen LogP contribution in [0, 0.1) is 20.8 Å². The first-order chi connectivity index (χ1) is 10.0. The van der Waals surface area contributed by atoms with Crippen molar-refractivity contribution in [2.45, 2.75) is 20.8 Å². The number of aromatic nitrogens is 1. The number of hydrogen-bond donors (Lipinski definition) is 1. The van der Waals surface area contributed by atoms with E-state index >= 15 is 0 Å². The van der Waals surface area contributed by atoms with Gasteiger partial charge in [-0.2, -0.15) is 0 Å². The summed E-state index contributed by atoms with van der Waals surface area (Å²) >= 11 is 0. The molecule has 1 heterocycles. The van der Waals surface area contributed by atoms with Crippen LogP contribution in [-0.2, 0) is 0 Å². The number of anilines is 1. The summed E-state index contributed by atoms with van der Waals surface area (Å²) in [6, 6.07) is 13.8. The van der Waals surface area contributed by atoms with Gasteiger partial charge in [-0.1, -0.05) is 6.07 Å². The van der Waals surface area contributed by atoms with Crippen molar-refractivity contribution in [1.29, 1.82) is 0 Å². The number of ether oxygens (including phenoxy) is 1. The van der Waals surface area contributed by atoms with Gasteiger partial charge in [-0.25, -0.2) is 0 Å². The molecule has 21 heavy (non-hydrogen) atoms. The Hall–Kier alpha value is -2.55. The number of nitrogens with two attached hydrogens (primary N) is 1. The fourth-order valence-electron chi connectivity index (χ4n) is 2.54. The summed E-state index contributed by atoms with van der Waals surface area (Å²) in [4.78, 5) is 4.52. The maximum absolute atomic E-state index is 6.09. The van der Waals surface area contributed by atoms with Crippen molar-refractivity contribution >= 4 is 16.6 Å². The van der Waals surface area contributed by atoms with Crippen molar-refractivity contribution in [3.05, 3.63) is 59.3 Å². The maximum Gasteiger partial charge on any atom is 0.138 e. The topological polar surface area (TPSA) is 48.1 Å². The Morgan fingerprint density at radius 3 is 2.33 bits per heavy atom. The minimum Gasteiger partial charge on any atom is -0.457 e. The van der Waals surface area contributed by atoms with Gasteiger partial charge in [0, 0.05) is 22.8 Å². The van der Waals surface area contributed by atoms with E-state index in [1.54, 1.807) is 0 Å². The van der Waals surface area contributed by atoms with Gasteiger partial charge in [-0.05, 0) is 62.2 Å². The predicted octanol–water partition coefficient (Wildman–Crippen LogP) is 4.53. The van der Waals surface area contributed by atoms with Gasteiger partial charge in [0.15, 0.2) is 0 Å². The molecule has 0 atom stereocenters. The highest BCUT2D eigenvalue weighted by molar-refractivity contribution is 5.88. The molecule has 0 aliphatic carbocycles. The summed E-state index contributed by atoms with van der Waals surface area (Å²) in [5, 5.41) is 0.930. The number of aryl methyl sites for hydroxylation is 3. The summed E-state index contributed by atoms with van der Waals surface area (Å²) in [7, 11) is 0. The van der Waals surface area contributed by atoms with Crippen molar-refractivity contribution in [2.75, 3.05) is 5.73 Å². The molecule has 0 spiro atoms. The smallest absolute Gasteiger partial charge is 0.138 e. The van der Waals surface area contributed by atoms with Crippen LogP contribution in [0.4, 0.5) is 5.69 Å². The molecule has 3 nitrogen and oxygen atoms in total. The first-order valence-electron chi connectivity index (χ1n) is 6.94. The Morgan fingerprint density at radius 1 is 0.905 bits per heavy atom. The molecular weight excluding hydrogens is 260 g/mol. The largest absolute Gasteiger partial charge is 0.457 e. The van der Waals surface area contributed by atoms with Crippen molar-refractivity contribution in [2.24, 2.45) is 0 Å². The first kappa shape index (κ1) is 13.4. The fourth-order valence-corrected chi connectivity index (χ4v) is 2.54. The SMILES string of the molecule is Cc1cc(C)cc(Oc2cc(C)nc3ccc(N)cc23)c1. The molecule has 0 radical (unpaired) electrons. The summed E-state index contributed by atoms with van der Waals surface area (Å²) in [5.41, 5.74) is 10.8. The van der Waals surface area contributed by atoms with Gasteiger partial charge >= 0.3 is 0 Å². The van der Waals surface area contributed by atoms with Crippen LogP contribution in [0.1, 0.15) is 16.8 Å². The second kappa shape index (κ2) is 5.09. The summed E-state index contributed by atoms with van der Waals surface area (Å²) in [6.07, 6.45) is 0. The third-order valence-corrected chi connectivity index (χ3v) is 3.35. The lowest BCUT2D eigenvalue weighted by Gasteiger charge is -2.11. The van der Waals surface area contributed by atoms with Gasteiger partial charge in [0.25, 0.3) is 0 Å². The van der Waals surface area contributed by atoms with Crippen LogP contribution in [0.3, 0.4) is 0 Å². The minimum atomic E-state index is 0.707. The summed E-state index contributed by atoms with van der Waals surface area (Å²) in [5.74, 6) is 1.62. The monoisotopic (exact) mass is 278 g/mol. The first-order valence-corrected chi connectivity index (χ1v) is 6.94. The van der Waals surface area contributed by atoms with Crippen LogP contribution in [0.25, 0.3) is 10.9 Å². The highest BCUT2D eigenvalue weighted by Gasteiger charge is 2.08. The second-order valence-electron chi connectivity index (χ2n) is 5.46. The van der Waals surface area contributed by atoms with Gasteiger partial charge < -0.3 is 10.5 Å². The Balaban J connectivity index is 2.13. The van der Waals surface area contributed by atoms with E-state index in [2.05, 4.69) is 24.9 Å². The number of pyridine rings is 1. The van der Waals surface area contributed by atoms with Crippen LogP contribution in [0.5, 0.6) is 11.5 Å². The lowest BCUT2D eigenvalue weighted by atomic mass is 10.1. The lowest BCUT2D eigenvalue weighted by Crippen LogP contribution is -1.93. The molecule has 3 rings (SSSR count). The second-order valence-corrected chi connectivity index (χ2v) is 5.46. The average molecular weight is 278 g/mol. The minimum absolute atomic E-state index is 0.707. The molecule has 0 aliphatic heterocycles. The number of nitrogen functional groups attached to an aromatic ring is 1. The van der Waals surface area contributed by atoms with Gasteiger partial charge in [-0.3, -0.25) is 4.98 Å². The lowest BCUT2D eigenvalue weighted by molar-refractivity contribution is 0.486. The van der Waals surface area contributed by atoms with E-state index in [1.807, 2.05) is 43.3 Å². The van der Waals surface area contributed by atoms with Gasteiger partial charge in [0.05, 0.1) is 5.52 Å². The Kier molecular flexibility index (Phi) is 3.26. The number of nitrogens with zero attached hydrogens (tertiary/aromatic N) is 1. The number of hydrogen-bond acceptors (Lipinski definition) is 3. The van der Waals surface area contributed by atoms with E-state index in [-0.39, 0.29) is 0 Å². The molecule has 2 N–H and O–H groups in total. The molecule has 0 fully saturated rings. The van der Waals surface area contributed by atoms with Crippen LogP contribution in [0.15, 0.2) is 42.5 Å². The van der Waals surface area contributed by atoms with E-state index in [1.165, 1.54) is 11.1 Å². The van der Waals surface area contributed by atoms with Gasteiger partial charge in [-0.15, -0.1) is 0 Å². The van der Waals surface area contributed by atoms with E-state index in [4.69, 9.17) is 10.5 Å². The Bertz CT molecular complexity index is 805. The molecule has 106 valence electrons. The Morgan fingerprint density at radius 2 is 1.62 bits per heavy atom. The molecule has 0 bridgehead atoms. The molecule has 0 amide bonds. The van der Waals surface area contributed by atoms with E-state index in [0.29, 0.717) is 5.69 Å². The molecule has 1 aromatic heterocycles. The van der Waals surface area contributed by atoms with Gasteiger partial charge in [0.2, 0.25) is 0 Å². The predicted molar refractivity (Wildman–Crippen MR) is 86.9 cm³/mol. The molecule has 0 saturated carbocycles. The number of fused-ring (bicyclic) bond motifs is 1. The number of rotatable bonds is 2. The third-order valence-electron chi connectivity index (χ3n) is 3.35. The van der Waals surface area contributed by atoms with Crippen LogP contribution in [-0.4, -0.2) is 4.98 Å². The van der Waals surface area contributed by atoms with Gasteiger partial charge in [0.1, 0.15) is 11.5 Å². The van der Waals surface area contributed by atoms with Crippen LogP contribution in [0.2, 0.25) is 0 Å². The van der Waals surface area contributed by atoms with Crippen molar-refractivity contribution in [3.63, 3.8) is 0 Å². The normalized spacial score (nSPS) is 10.8. The zero-order valence-corrected chi connectivity index (χ0v) is 12.5. The maximum atomic E-state index is 6.09. The van der Waals surface area contributed by atoms with Crippen LogP contribution < -0.4 is 10.5 Å². The standard InChI is InChI=1S/C18H18N2O/c1-11-6-12(2)8-15(7-11)21-18-9-13(3)20-17-5-4-14(19)10-16(17)18/h4-10H,19H2,1-3H3. The third kappa shape index (κ3) is 2.82. The van der Waals surface area contributed by atoms with E-state index < -0.39 is 0 Å². The summed E-state index contributed by atoms with van der Waals surface area (Å²) in [6.45, 7) is 6.09. The zero-order chi connectivity index (χ0) is 15.0. The molecule has 0 saturated heterocycles. The molecule has 0 aliphatic rings. The molecule has 3 aromatic rings. The van der Waals surface area contributed by atoms with E-state index in [9.17, 15) is 0 Å². The highest BCUT2D eigenvalue weighted by Crippen LogP contribution is 2.31. The summed E-state index contributed by atoms with van der Waals surface area (Å²) < 4.78 is 6.09. The fraction of sp³-hybridized carbons (Fsp3) is 0.167. The molecule has 0 unspecified atom stereocenters. The van der Waals surface area contributed by atoms with Crippen molar-refractivity contribution in [3.8, 4) is 11.5 Å². The zero-order valence-electron chi connectivity index (χ0n) is 12.5. The highest BCUT2D eigenvalue weighted by atomic mass is 16.5. The van der Waals surface area contributed by atoms with Crippen LogP contribution >= 0.6 is 0 Å². The average Bonchev–Trinajstić information content (AvgIpc) is 2.38. The number of benzene rings is 2.